The molecule has 0 radical (unpaired) electrons. The summed E-state index contributed by atoms with van der Waals surface area (Å²) in [5, 5.41) is 0. The average Bonchev–Trinajstić information content (AvgIpc) is 2.79. The summed E-state index contributed by atoms with van der Waals surface area (Å²) in [6.07, 6.45) is 2.06. The van der Waals surface area contributed by atoms with E-state index >= 15 is 0 Å². The van der Waals surface area contributed by atoms with Crippen LogP contribution in [0.4, 0.5) is 0 Å². The number of alkyl halides is 1. The van der Waals surface area contributed by atoms with Gasteiger partial charge in [-0.1, -0.05) is 11.6 Å². The zero-order valence-corrected chi connectivity index (χ0v) is 12.1. The Kier molecular flexibility index (Phi) is 4.10. The maximum atomic E-state index is 12.4. The van der Waals surface area contributed by atoms with E-state index in [0.717, 1.165) is 35.0 Å². The SMILES string of the molecule is Cc1ccc(Br)c(C(=O)N2CCCC2CCl)c1. The molecule has 1 amide bonds. The number of carbonyl (C=O) groups is 1. The average molecular weight is 317 g/mol. The standard InChI is InChI=1S/C13H15BrClNO/c1-9-4-5-12(14)11(7-9)13(17)16-6-2-3-10(16)8-15/h4-5,7,10H,2-3,6,8H2,1H3. The van der Waals surface area contributed by atoms with E-state index in [4.69, 9.17) is 11.6 Å². The van der Waals surface area contributed by atoms with Crippen molar-refractivity contribution >= 4 is 33.4 Å². The molecular weight excluding hydrogens is 302 g/mol. The maximum Gasteiger partial charge on any atom is 0.255 e. The van der Waals surface area contributed by atoms with Crippen LogP contribution in [-0.2, 0) is 0 Å². The second-order valence-corrected chi connectivity index (χ2v) is 5.60. The highest BCUT2D eigenvalue weighted by molar-refractivity contribution is 9.10. The Morgan fingerprint density at radius 3 is 3.06 bits per heavy atom. The minimum Gasteiger partial charge on any atom is -0.334 e. The Morgan fingerprint density at radius 2 is 2.35 bits per heavy atom. The molecule has 1 unspecified atom stereocenters. The number of amides is 1. The monoisotopic (exact) mass is 315 g/mol. The lowest BCUT2D eigenvalue weighted by Crippen LogP contribution is -2.36. The van der Waals surface area contributed by atoms with Crippen LogP contribution < -0.4 is 0 Å². The summed E-state index contributed by atoms with van der Waals surface area (Å²) in [7, 11) is 0. The van der Waals surface area contributed by atoms with Crippen molar-refractivity contribution in [3.05, 3.63) is 33.8 Å². The first-order valence-corrected chi connectivity index (χ1v) is 7.09. The van der Waals surface area contributed by atoms with Crippen LogP contribution in [0.3, 0.4) is 0 Å². The summed E-state index contributed by atoms with van der Waals surface area (Å²) in [6, 6.07) is 6.03. The predicted molar refractivity (Wildman–Crippen MR) is 73.7 cm³/mol. The lowest BCUT2D eigenvalue weighted by Gasteiger charge is -2.23. The fraction of sp³-hybridized carbons (Fsp3) is 0.462. The fourth-order valence-corrected chi connectivity index (χ4v) is 2.96. The smallest absolute Gasteiger partial charge is 0.255 e. The molecule has 1 atom stereocenters. The van der Waals surface area contributed by atoms with Gasteiger partial charge >= 0.3 is 0 Å². The third-order valence-electron chi connectivity index (χ3n) is 3.17. The Hall–Kier alpha value is -0.540. The third-order valence-corrected chi connectivity index (χ3v) is 4.22. The van der Waals surface area contributed by atoms with Crippen molar-refractivity contribution < 1.29 is 4.79 Å². The number of rotatable bonds is 2. The molecule has 1 aliphatic heterocycles. The van der Waals surface area contributed by atoms with Gasteiger partial charge in [0, 0.05) is 22.9 Å². The summed E-state index contributed by atoms with van der Waals surface area (Å²) in [6.45, 7) is 2.81. The van der Waals surface area contributed by atoms with E-state index in [-0.39, 0.29) is 11.9 Å². The van der Waals surface area contributed by atoms with Crippen LogP contribution in [0, 0.1) is 6.92 Å². The highest BCUT2D eigenvalue weighted by atomic mass is 79.9. The van der Waals surface area contributed by atoms with Gasteiger partial charge in [-0.3, -0.25) is 4.79 Å². The molecular formula is C13H15BrClNO. The molecule has 17 heavy (non-hydrogen) atoms. The van der Waals surface area contributed by atoms with E-state index in [1.807, 2.05) is 30.0 Å². The Labute approximate surface area is 115 Å². The molecule has 1 aromatic carbocycles. The molecule has 92 valence electrons. The quantitative estimate of drug-likeness (QED) is 0.763. The molecule has 2 nitrogen and oxygen atoms in total. The van der Waals surface area contributed by atoms with Crippen LogP contribution in [0.1, 0.15) is 28.8 Å². The fourth-order valence-electron chi connectivity index (χ4n) is 2.22. The van der Waals surface area contributed by atoms with Crippen molar-refractivity contribution in [2.45, 2.75) is 25.8 Å². The van der Waals surface area contributed by atoms with E-state index in [9.17, 15) is 4.79 Å². The summed E-state index contributed by atoms with van der Waals surface area (Å²) < 4.78 is 0.855. The van der Waals surface area contributed by atoms with Crippen molar-refractivity contribution in [2.75, 3.05) is 12.4 Å². The largest absolute Gasteiger partial charge is 0.334 e. The van der Waals surface area contributed by atoms with Crippen molar-refractivity contribution in [3.8, 4) is 0 Å². The van der Waals surface area contributed by atoms with Crippen molar-refractivity contribution in [1.29, 1.82) is 0 Å². The molecule has 0 spiro atoms. The number of carbonyl (C=O) groups excluding carboxylic acids is 1. The third kappa shape index (κ3) is 2.66. The minimum absolute atomic E-state index is 0.0868. The van der Waals surface area contributed by atoms with Crippen molar-refractivity contribution in [2.24, 2.45) is 0 Å². The molecule has 1 heterocycles. The molecule has 4 heteroatoms. The number of nitrogens with zero attached hydrogens (tertiary/aromatic N) is 1. The predicted octanol–water partition coefficient (Wildman–Crippen LogP) is 3.60. The molecule has 1 aromatic rings. The van der Waals surface area contributed by atoms with Gasteiger partial charge < -0.3 is 4.90 Å². The molecule has 0 saturated carbocycles. The second-order valence-electron chi connectivity index (χ2n) is 4.43. The van der Waals surface area contributed by atoms with E-state index < -0.39 is 0 Å². The van der Waals surface area contributed by atoms with Crippen LogP contribution in [-0.4, -0.2) is 29.3 Å². The first-order valence-electron chi connectivity index (χ1n) is 5.76. The Bertz CT molecular complexity index is 435. The number of hydrogen-bond acceptors (Lipinski definition) is 1. The van der Waals surface area contributed by atoms with Crippen molar-refractivity contribution in [3.63, 3.8) is 0 Å². The van der Waals surface area contributed by atoms with Crippen LogP contribution in [0.15, 0.2) is 22.7 Å². The minimum atomic E-state index is 0.0868. The van der Waals surface area contributed by atoms with Gasteiger partial charge in [-0.25, -0.2) is 0 Å². The first-order chi connectivity index (χ1) is 8.13. The normalized spacial score (nSPS) is 19.7. The Morgan fingerprint density at radius 1 is 1.59 bits per heavy atom. The molecule has 0 aliphatic carbocycles. The van der Waals surface area contributed by atoms with E-state index in [0.29, 0.717) is 5.88 Å². The number of benzene rings is 1. The van der Waals surface area contributed by atoms with Crippen LogP contribution in [0.5, 0.6) is 0 Å². The summed E-state index contributed by atoms with van der Waals surface area (Å²) in [5.74, 6) is 0.610. The molecule has 1 aliphatic rings. The van der Waals surface area contributed by atoms with Gasteiger partial charge in [0.1, 0.15) is 0 Å². The first kappa shape index (κ1) is 12.9. The lowest BCUT2D eigenvalue weighted by molar-refractivity contribution is 0.0748. The van der Waals surface area contributed by atoms with Gasteiger partial charge in [0.25, 0.3) is 5.91 Å². The molecule has 1 fully saturated rings. The summed E-state index contributed by atoms with van der Waals surface area (Å²) in [4.78, 5) is 14.3. The van der Waals surface area contributed by atoms with Crippen LogP contribution >= 0.6 is 27.5 Å². The molecule has 2 rings (SSSR count). The van der Waals surface area contributed by atoms with Gasteiger partial charge in [0.2, 0.25) is 0 Å². The van der Waals surface area contributed by atoms with E-state index in [2.05, 4.69) is 15.9 Å². The molecule has 1 saturated heterocycles. The van der Waals surface area contributed by atoms with Gasteiger partial charge in [0.05, 0.1) is 5.56 Å². The van der Waals surface area contributed by atoms with Gasteiger partial charge in [-0.2, -0.15) is 0 Å². The van der Waals surface area contributed by atoms with Crippen LogP contribution in [0.2, 0.25) is 0 Å². The molecule has 0 bridgehead atoms. The number of likely N-dealkylation sites (tertiary alicyclic amines) is 1. The summed E-state index contributed by atoms with van der Waals surface area (Å²) in [5.41, 5.74) is 1.83. The highest BCUT2D eigenvalue weighted by Gasteiger charge is 2.29. The van der Waals surface area contributed by atoms with Crippen molar-refractivity contribution in [1.82, 2.24) is 4.90 Å². The number of hydrogen-bond donors (Lipinski definition) is 0. The Balaban J connectivity index is 2.27. The maximum absolute atomic E-state index is 12.4. The van der Waals surface area contributed by atoms with Gasteiger partial charge in [-0.15, -0.1) is 11.6 Å². The highest BCUT2D eigenvalue weighted by Crippen LogP contribution is 2.25. The number of aryl methyl sites for hydroxylation is 1. The van der Waals surface area contributed by atoms with Gasteiger partial charge in [-0.05, 0) is 47.8 Å². The van der Waals surface area contributed by atoms with Crippen LogP contribution in [0.25, 0.3) is 0 Å². The molecule has 0 aromatic heterocycles. The zero-order valence-electron chi connectivity index (χ0n) is 9.75. The van der Waals surface area contributed by atoms with E-state index in [1.54, 1.807) is 0 Å². The van der Waals surface area contributed by atoms with Gasteiger partial charge in [0.15, 0.2) is 0 Å². The van der Waals surface area contributed by atoms with E-state index in [1.165, 1.54) is 0 Å². The molecule has 0 N–H and O–H groups in total. The zero-order chi connectivity index (χ0) is 12.4. The topological polar surface area (TPSA) is 20.3 Å². The summed E-state index contributed by atoms with van der Waals surface area (Å²) >= 11 is 9.34. The lowest BCUT2D eigenvalue weighted by atomic mass is 10.1. The second kappa shape index (κ2) is 5.40. The number of halogens is 2.